The summed E-state index contributed by atoms with van der Waals surface area (Å²) in [7, 11) is 1.51. The first kappa shape index (κ1) is 21.9. The molecule has 4 rings (SSSR count). The van der Waals surface area contributed by atoms with Crippen molar-refractivity contribution in [3.05, 3.63) is 74.5 Å². The summed E-state index contributed by atoms with van der Waals surface area (Å²) in [6, 6.07) is 17.8. The molecule has 2 N–H and O–H groups in total. The number of anilines is 1. The molecule has 0 radical (unpaired) electrons. The van der Waals surface area contributed by atoms with Crippen LogP contribution in [0.1, 0.15) is 10.4 Å². The molecule has 0 unspecified atom stereocenters. The van der Waals surface area contributed by atoms with Crippen molar-refractivity contribution in [1.29, 1.82) is 0 Å². The normalized spacial score (nSPS) is 10.7. The van der Waals surface area contributed by atoms with Crippen LogP contribution in [0.25, 0.3) is 22.0 Å². The summed E-state index contributed by atoms with van der Waals surface area (Å²) in [6.07, 6.45) is 0. The lowest BCUT2D eigenvalue weighted by Gasteiger charge is -2.12. The van der Waals surface area contributed by atoms with E-state index < -0.39 is 0 Å². The van der Waals surface area contributed by atoms with Crippen LogP contribution in [-0.4, -0.2) is 23.1 Å². The van der Waals surface area contributed by atoms with Gasteiger partial charge in [-0.15, -0.1) is 11.3 Å². The maximum atomic E-state index is 12.7. The lowest BCUT2D eigenvalue weighted by atomic mass is 10.0. The third kappa shape index (κ3) is 4.79. The monoisotopic (exact) mass is 575 g/mol. The average Bonchev–Trinajstić information content (AvgIpc) is 3.20. The van der Waals surface area contributed by atoms with E-state index >= 15 is 0 Å². The number of thiocarbonyl (C=S) groups is 1. The van der Waals surface area contributed by atoms with Gasteiger partial charge in [-0.05, 0) is 51.1 Å². The smallest absolute Gasteiger partial charge is 0.261 e. The average molecular weight is 577 g/mol. The molecule has 156 valence electrons. The molecule has 1 heterocycles. The largest absolute Gasteiger partial charge is 0.495 e. The van der Waals surface area contributed by atoms with E-state index in [1.807, 2.05) is 29.6 Å². The van der Waals surface area contributed by atoms with Gasteiger partial charge in [0, 0.05) is 15.4 Å². The van der Waals surface area contributed by atoms with Crippen LogP contribution in [0.4, 0.5) is 5.13 Å². The van der Waals surface area contributed by atoms with Gasteiger partial charge in [0.25, 0.3) is 5.91 Å². The van der Waals surface area contributed by atoms with Crippen molar-refractivity contribution in [2.24, 2.45) is 0 Å². The fraction of sp³-hybridized carbons (Fsp3) is 0.0455. The Hall–Kier alpha value is -2.33. The Morgan fingerprint density at radius 1 is 1.13 bits per heavy atom. The number of carbonyl (C=O) groups is 1. The van der Waals surface area contributed by atoms with Gasteiger partial charge in [-0.1, -0.05) is 58.4 Å². The van der Waals surface area contributed by atoms with Crippen LogP contribution in [0.3, 0.4) is 0 Å². The molecule has 3 aromatic carbocycles. The number of methoxy groups -OCH3 is 1. The molecule has 1 amide bonds. The molecule has 4 aromatic rings. The second-order valence-corrected chi connectivity index (χ2v) is 9.48. The SMILES string of the molecule is COc1c(Br)cc(Br)cc1C(=O)NC(=S)Nc1nc(-c2cccc3ccccc23)cs1. The summed E-state index contributed by atoms with van der Waals surface area (Å²) in [5.74, 6) is 0.0400. The molecule has 0 aliphatic carbocycles. The first-order chi connectivity index (χ1) is 15.0. The van der Waals surface area contributed by atoms with Crippen molar-refractivity contribution in [2.45, 2.75) is 0 Å². The van der Waals surface area contributed by atoms with Crippen LogP contribution in [0.2, 0.25) is 0 Å². The molecule has 0 spiro atoms. The van der Waals surface area contributed by atoms with E-state index in [2.05, 4.69) is 65.7 Å². The number of nitrogens with zero attached hydrogens (tertiary/aromatic N) is 1. The second-order valence-electron chi connectivity index (χ2n) is 6.44. The molecule has 0 aliphatic rings. The van der Waals surface area contributed by atoms with Gasteiger partial charge in [-0.2, -0.15) is 0 Å². The molecule has 0 atom stereocenters. The topological polar surface area (TPSA) is 63.2 Å². The third-order valence-electron chi connectivity index (χ3n) is 4.47. The molecular weight excluding hydrogens is 562 g/mol. The van der Waals surface area contributed by atoms with Gasteiger partial charge in [0.05, 0.1) is 22.8 Å². The quantitative estimate of drug-likeness (QED) is 0.267. The van der Waals surface area contributed by atoms with Gasteiger partial charge in [0.15, 0.2) is 10.2 Å². The van der Waals surface area contributed by atoms with Crippen molar-refractivity contribution in [3.8, 4) is 17.0 Å². The second kappa shape index (κ2) is 9.44. The van der Waals surface area contributed by atoms with Crippen LogP contribution in [0, 0.1) is 0 Å². The number of carbonyl (C=O) groups excluding carboxylic acids is 1. The Balaban J connectivity index is 1.51. The number of thiazole rings is 1. The molecule has 31 heavy (non-hydrogen) atoms. The fourth-order valence-electron chi connectivity index (χ4n) is 3.14. The number of halogens is 2. The van der Waals surface area contributed by atoms with Gasteiger partial charge in [0.1, 0.15) is 5.75 Å². The summed E-state index contributed by atoms with van der Waals surface area (Å²) in [5, 5.41) is 10.7. The highest BCUT2D eigenvalue weighted by molar-refractivity contribution is 9.11. The number of benzene rings is 3. The van der Waals surface area contributed by atoms with Crippen molar-refractivity contribution >= 4 is 82.3 Å². The zero-order valence-corrected chi connectivity index (χ0v) is 20.9. The number of nitrogens with one attached hydrogen (secondary N) is 2. The first-order valence-electron chi connectivity index (χ1n) is 9.05. The number of ether oxygens (including phenoxy) is 1. The van der Waals surface area contributed by atoms with Gasteiger partial charge in [0.2, 0.25) is 0 Å². The van der Waals surface area contributed by atoms with Gasteiger partial charge >= 0.3 is 0 Å². The number of amides is 1. The molecule has 5 nitrogen and oxygen atoms in total. The Morgan fingerprint density at radius 2 is 1.90 bits per heavy atom. The van der Waals surface area contributed by atoms with Crippen LogP contribution >= 0.6 is 55.4 Å². The van der Waals surface area contributed by atoms with Gasteiger partial charge in [-0.25, -0.2) is 4.98 Å². The molecular formula is C22H15Br2N3O2S2. The summed E-state index contributed by atoms with van der Waals surface area (Å²) in [4.78, 5) is 17.4. The summed E-state index contributed by atoms with van der Waals surface area (Å²) in [6.45, 7) is 0. The Labute approximate surface area is 205 Å². The van der Waals surface area contributed by atoms with Crippen molar-refractivity contribution < 1.29 is 9.53 Å². The molecule has 0 bridgehead atoms. The summed E-state index contributed by atoms with van der Waals surface area (Å²) in [5.41, 5.74) is 2.24. The van der Waals surface area contributed by atoms with E-state index in [0.717, 1.165) is 26.5 Å². The van der Waals surface area contributed by atoms with E-state index in [0.29, 0.717) is 20.9 Å². The zero-order valence-electron chi connectivity index (χ0n) is 16.1. The molecule has 1 aromatic heterocycles. The Morgan fingerprint density at radius 3 is 2.71 bits per heavy atom. The fourth-order valence-corrected chi connectivity index (χ4v) is 5.49. The molecule has 0 fully saturated rings. The van der Waals surface area contributed by atoms with Crippen LogP contribution in [0.15, 0.2) is 68.9 Å². The number of hydrogen-bond acceptors (Lipinski definition) is 5. The predicted octanol–water partition coefficient (Wildman–Crippen LogP) is 6.62. The maximum absolute atomic E-state index is 12.7. The highest BCUT2D eigenvalue weighted by atomic mass is 79.9. The number of rotatable bonds is 4. The van der Waals surface area contributed by atoms with Gasteiger partial charge in [-0.3, -0.25) is 10.1 Å². The maximum Gasteiger partial charge on any atom is 0.261 e. The van der Waals surface area contributed by atoms with Crippen LogP contribution in [-0.2, 0) is 0 Å². The Bertz CT molecular complexity index is 1300. The molecule has 0 saturated carbocycles. The first-order valence-corrected chi connectivity index (χ1v) is 11.9. The lowest BCUT2D eigenvalue weighted by Crippen LogP contribution is -2.34. The molecule has 0 saturated heterocycles. The minimum absolute atomic E-state index is 0.155. The van der Waals surface area contributed by atoms with Crippen molar-refractivity contribution in [3.63, 3.8) is 0 Å². The van der Waals surface area contributed by atoms with E-state index in [4.69, 9.17) is 17.0 Å². The van der Waals surface area contributed by atoms with Crippen molar-refractivity contribution in [2.75, 3.05) is 12.4 Å². The number of aromatic nitrogens is 1. The minimum Gasteiger partial charge on any atom is -0.495 e. The summed E-state index contributed by atoms with van der Waals surface area (Å²) < 4.78 is 6.74. The summed E-state index contributed by atoms with van der Waals surface area (Å²) >= 11 is 13.5. The lowest BCUT2D eigenvalue weighted by molar-refractivity contribution is 0.0974. The van der Waals surface area contributed by atoms with E-state index in [-0.39, 0.29) is 11.0 Å². The van der Waals surface area contributed by atoms with Crippen LogP contribution in [0.5, 0.6) is 5.75 Å². The molecule has 9 heteroatoms. The third-order valence-corrected chi connectivity index (χ3v) is 6.48. The standard InChI is InChI=1S/C22H15Br2N3O2S2/c1-29-19-16(9-13(23)10-17(19)24)20(28)26-21(30)27-22-25-18(11-31-22)15-8-4-6-12-5-2-3-7-14(12)15/h2-11H,1H3,(H2,25,26,27,28,30). The van der Waals surface area contributed by atoms with E-state index in [1.165, 1.54) is 18.4 Å². The Kier molecular flexibility index (Phi) is 6.66. The number of hydrogen-bond donors (Lipinski definition) is 2. The van der Waals surface area contributed by atoms with Gasteiger partial charge < -0.3 is 10.1 Å². The highest BCUT2D eigenvalue weighted by Gasteiger charge is 2.18. The van der Waals surface area contributed by atoms with E-state index in [9.17, 15) is 4.79 Å². The predicted molar refractivity (Wildman–Crippen MR) is 137 cm³/mol. The molecule has 0 aliphatic heterocycles. The zero-order chi connectivity index (χ0) is 22.0. The van der Waals surface area contributed by atoms with Crippen LogP contribution < -0.4 is 15.4 Å². The van der Waals surface area contributed by atoms with Crippen molar-refractivity contribution in [1.82, 2.24) is 10.3 Å². The minimum atomic E-state index is -0.387. The highest BCUT2D eigenvalue weighted by Crippen LogP contribution is 2.33. The number of fused-ring (bicyclic) bond motifs is 1. The van der Waals surface area contributed by atoms with E-state index in [1.54, 1.807) is 12.1 Å².